The Bertz CT molecular complexity index is 1420. The summed E-state index contributed by atoms with van der Waals surface area (Å²) >= 11 is 12.3. The van der Waals surface area contributed by atoms with Gasteiger partial charge in [-0.1, -0.05) is 62.2 Å². The maximum Gasteiger partial charge on any atom is 0.240 e. The van der Waals surface area contributed by atoms with Crippen molar-refractivity contribution >= 4 is 35.0 Å². The molecule has 2 aliphatic heterocycles. The predicted molar refractivity (Wildman–Crippen MR) is 166 cm³/mol. The molecule has 2 heterocycles. The Morgan fingerprint density at radius 3 is 2.45 bits per heavy atom. The first kappa shape index (κ1) is 34.1. The molecule has 2 saturated heterocycles. The van der Waals surface area contributed by atoms with Gasteiger partial charge in [0.2, 0.25) is 11.8 Å². The number of rotatable bonds is 8. The first-order chi connectivity index (χ1) is 20.7. The lowest BCUT2D eigenvalue weighted by atomic mass is 9.62. The van der Waals surface area contributed by atoms with Crippen molar-refractivity contribution in [3.05, 3.63) is 69.2 Å². The van der Waals surface area contributed by atoms with Crippen LogP contribution in [0.15, 0.2) is 36.4 Å². The second-order valence-corrected chi connectivity index (χ2v) is 14.0. The highest BCUT2D eigenvalue weighted by Crippen LogP contribution is 2.53. The van der Waals surface area contributed by atoms with E-state index in [4.69, 9.17) is 28.3 Å². The van der Waals surface area contributed by atoms with Crippen LogP contribution >= 0.6 is 23.2 Å². The molecule has 4 atom stereocenters. The summed E-state index contributed by atoms with van der Waals surface area (Å²) < 4.78 is 31.7. The van der Waals surface area contributed by atoms with Crippen LogP contribution in [0.4, 0.5) is 8.78 Å². The number of benzene rings is 2. The molecule has 11 heteroatoms. The van der Waals surface area contributed by atoms with Crippen molar-refractivity contribution in [3.8, 4) is 6.07 Å². The van der Waals surface area contributed by atoms with Crippen LogP contribution in [0.1, 0.15) is 63.5 Å². The number of hydrogen-bond acceptors (Lipinski definition) is 5. The minimum Gasteiger partial charge on any atom is -0.395 e. The van der Waals surface area contributed by atoms with Gasteiger partial charge < -0.3 is 20.2 Å². The first-order valence-corrected chi connectivity index (χ1v) is 15.7. The predicted octanol–water partition coefficient (Wildman–Crippen LogP) is 5.67. The molecule has 2 aliphatic rings. The van der Waals surface area contributed by atoms with Gasteiger partial charge >= 0.3 is 0 Å². The molecule has 2 N–H and O–H groups in total. The number of hydrogen-bond donors (Lipinski definition) is 2. The van der Waals surface area contributed by atoms with Crippen LogP contribution < -0.4 is 5.32 Å². The summed E-state index contributed by atoms with van der Waals surface area (Å²) in [6, 6.07) is 9.15. The van der Waals surface area contributed by atoms with Crippen molar-refractivity contribution in [1.82, 2.24) is 15.1 Å². The molecule has 4 rings (SSSR count). The molecule has 0 spiro atoms. The van der Waals surface area contributed by atoms with E-state index in [0.29, 0.717) is 38.8 Å². The van der Waals surface area contributed by atoms with Gasteiger partial charge in [-0.2, -0.15) is 5.26 Å². The van der Waals surface area contributed by atoms with E-state index in [-0.39, 0.29) is 57.5 Å². The van der Waals surface area contributed by atoms with Crippen molar-refractivity contribution in [2.75, 3.05) is 33.3 Å². The Morgan fingerprint density at radius 2 is 1.86 bits per heavy atom. The number of aliphatic hydroxyl groups excluding tert-OH is 1. The quantitative estimate of drug-likeness (QED) is 0.384. The molecule has 2 fully saturated rings. The van der Waals surface area contributed by atoms with Crippen molar-refractivity contribution in [2.24, 2.45) is 11.3 Å². The van der Waals surface area contributed by atoms with E-state index in [2.05, 4.69) is 11.4 Å². The van der Waals surface area contributed by atoms with E-state index < -0.39 is 35.1 Å². The third kappa shape index (κ3) is 6.89. The summed E-state index contributed by atoms with van der Waals surface area (Å²) in [6.07, 6.45) is 1.89. The summed E-state index contributed by atoms with van der Waals surface area (Å²) in [7, 11) is 1.65. The molecule has 0 aromatic heterocycles. The zero-order valence-electron chi connectivity index (χ0n) is 25.5. The Hall–Kier alpha value is -2.77. The number of nitriles is 1. The van der Waals surface area contributed by atoms with Gasteiger partial charge in [-0.3, -0.25) is 9.59 Å². The third-order valence-corrected chi connectivity index (χ3v) is 9.49. The van der Waals surface area contributed by atoms with E-state index in [1.54, 1.807) is 18.0 Å². The van der Waals surface area contributed by atoms with E-state index in [1.807, 2.05) is 20.8 Å². The molecule has 2 aromatic rings. The number of carbonyl (C=O) groups is 2. The standard InChI is InChI=1S/C33H40Cl2F2N4O3/c1-32(2,3)18-26-33(19-38,23-9-8-21(34)17-25(23)36)28(22-6-5-7-24(35)29(22)37)30(39-26)31(44)41-12-10-20(11-13-41)16-27(43)40(4)14-15-42/h5-9,17,20,26,28,30,39,42H,10-16,18H2,1-4H3/t26-,28-,30+,33-/m0/s1. The number of piperidine rings is 1. The summed E-state index contributed by atoms with van der Waals surface area (Å²) in [4.78, 5) is 30.1. The van der Waals surface area contributed by atoms with Crippen LogP contribution in [-0.2, 0) is 15.0 Å². The number of nitrogens with zero attached hydrogens (tertiary/aromatic N) is 3. The summed E-state index contributed by atoms with van der Waals surface area (Å²) in [5.41, 5.74) is -1.93. The Morgan fingerprint density at radius 1 is 1.18 bits per heavy atom. The second-order valence-electron chi connectivity index (χ2n) is 13.2. The number of amides is 2. The number of aliphatic hydroxyl groups is 1. The number of halogens is 4. The van der Waals surface area contributed by atoms with Crippen LogP contribution in [0.3, 0.4) is 0 Å². The van der Waals surface area contributed by atoms with E-state index >= 15 is 8.78 Å². The van der Waals surface area contributed by atoms with E-state index in [0.717, 1.165) is 6.07 Å². The molecule has 238 valence electrons. The van der Waals surface area contributed by atoms with Gasteiger partial charge in [0.15, 0.2) is 0 Å². The van der Waals surface area contributed by atoms with E-state index in [1.165, 1.54) is 29.2 Å². The SMILES string of the molecule is CN(CCO)C(=O)CC1CCN(C(=O)[C@@H]2N[C@@H](CC(C)(C)C)[C@](C#N)(c3ccc(Cl)cc3F)[C@H]2c2cccc(Cl)c2F)CC1. The van der Waals surface area contributed by atoms with Crippen molar-refractivity contribution in [2.45, 2.75) is 69.9 Å². The maximum absolute atomic E-state index is 15.9. The van der Waals surface area contributed by atoms with Crippen LogP contribution in [0.25, 0.3) is 0 Å². The van der Waals surface area contributed by atoms with Crippen LogP contribution in [-0.4, -0.2) is 72.1 Å². The number of likely N-dealkylation sites (N-methyl/N-ethyl adjacent to an activating group) is 1. The topological polar surface area (TPSA) is 96.7 Å². The average Bonchev–Trinajstić information content (AvgIpc) is 3.27. The Balaban J connectivity index is 1.75. The minimum atomic E-state index is -1.68. The molecule has 7 nitrogen and oxygen atoms in total. The smallest absolute Gasteiger partial charge is 0.240 e. The molecular weight excluding hydrogens is 609 g/mol. The van der Waals surface area contributed by atoms with Gasteiger partial charge in [0.1, 0.15) is 17.0 Å². The lowest BCUT2D eigenvalue weighted by molar-refractivity contribution is -0.135. The van der Waals surface area contributed by atoms with Crippen LogP contribution in [0, 0.1) is 34.3 Å². The first-order valence-electron chi connectivity index (χ1n) is 14.9. The fourth-order valence-corrected chi connectivity index (χ4v) is 7.12. The number of nitrogens with one attached hydrogen (secondary N) is 1. The highest BCUT2D eigenvalue weighted by molar-refractivity contribution is 6.31. The largest absolute Gasteiger partial charge is 0.395 e. The maximum atomic E-state index is 15.9. The molecule has 0 radical (unpaired) electrons. The van der Waals surface area contributed by atoms with Gasteiger partial charge in [-0.05, 0) is 54.4 Å². The van der Waals surface area contributed by atoms with Crippen LogP contribution in [0.5, 0.6) is 0 Å². The summed E-state index contributed by atoms with van der Waals surface area (Å²) in [5, 5.41) is 23.5. The zero-order chi connectivity index (χ0) is 32.4. The number of likely N-dealkylation sites (tertiary alicyclic amines) is 1. The van der Waals surface area contributed by atoms with Crippen molar-refractivity contribution < 1.29 is 23.5 Å². The van der Waals surface area contributed by atoms with Crippen molar-refractivity contribution in [1.29, 1.82) is 5.26 Å². The molecule has 0 bridgehead atoms. The highest BCUT2D eigenvalue weighted by Gasteiger charge is 2.61. The molecule has 2 aromatic carbocycles. The molecule has 0 aliphatic carbocycles. The fourth-order valence-electron chi connectivity index (χ4n) is 6.78. The van der Waals surface area contributed by atoms with Gasteiger partial charge in [-0.15, -0.1) is 0 Å². The minimum absolute atomic E-state index is 0.0371. The average molecular weight is 650 g/mol. The van der Waals surface area contributed by atoms with Crippen LogP contribution in [0.2, 0.25) is 10.0 Å². The number of carbonyl (C=O) groups excluding carboxylic acids is 2. The van der Waals surface area contributed by atoms with E-state index in [9.17, 15) is 14.9 Å². The van der Waals surface area contributed by atoms with Gasteiger partial charge in [-0.25, -0.2) is 8.78 Å². The Labute approximate surface area is 268 Å². The lowest BCUT2D eigenvalue weighted by Crippen LogP contribution is -2.50. The molecule has 0 saturated carbocycles. The van der Waals surface area contributed by atoms with Gasteiger partial charge in [0.05, 0.1) is 23.7 Å². The van der Waals surface area contributed by atoms with Gasteiger partial charge in [0.25, 0.3) is 0 Å². The molecule has 2 amide bonds. The highest BCUT2D eigenvalue weighted by atomic mass is 35.5. The lowest BCUT2D eigenvalue weighted by Gasteiger charge is -2.38. The van der Waals surface area contributed by atoms with Gasteiger partial charge in [0, 0.05) is 55.6 Å². The Kier molecular flexibility index (Phi) is 10.6. The molecule has 0 unspecified atom stereocenters. The fraction of sp³-hybridized carbons (Fsp3) is 0.545. The second kappa shape index (κ2) is 13.7. The summed E-state index contributed by atoms with van der Waals surface area (Å²) in [6.45, 7) is 6.87. The monoisotopic (exact) mass is 648 g/mol. The normalized spacial score (nSPS) is 24.3. The zero-order valence-corrected chi connectivity index (χ0v) is 27.1. The van der Waals surface area contributed by atoms with Crippen molar-refractivity contribution in [3.63, 3.8) is 0 Å². The third-order valence-electron chi connectivity index (χ3n) is 8.97. The summed E-state index contributed by atoms with van der Waals surface area (Å²) in [5.74, 6) is -2.90. The molecular formula is C33H40Cl2F2N4O3. The molecule has 44 heavy (non-hydrogen) atoms.